The number of hydrogen-bond donors (Lipinski definition) is 1. The minimum atomic E-state index is 0.565. The van der Waals surface area contributed by atoms with Crippen LogP contribution in [0.2, 0.25) is 0 Å². The standard InChI is InChI=1S/C15H16N4S/c1-2-19(11-6-4-3-5-7-11)10-13-17-14(16)12-8-9-20-15(12)18-13/h3-9H,2,10H2,1H3,(H2,16,17,18). The molecule has 2 heterocycles. The number of nitrogens with zero attached hydrogens (tertiary/aromatic N) is 3. The van der Waals surface area contributed by atoms with E-state index in [0.29, 0.717) is 12.4 Å². The number of nitrogen functional groups attached to an aromatic ring is 1. The molecule has 0 spiro atoms. The van der Waals surface area contributed by atoms with Gasteiger partial charge >= 0.3 is 0 Å². The van der Waals surface area contributed by atoms with Crippen molar-refractivity contribution in [2.45, 2.75) is 13.5 Å². The summed E-state index contributed by atoms with van der Waals surface area (Å²) in [7, 11) is 0. The lowest BCUT2D eigenvalue weighted by Crippen LogP contribution is -2.23. The van der Waals surface area contributed by atoms with Gasteiger partial charge in [0.05, 0.1) is 11.9 Å². The summed E-state index contributed by atoms with van der Waals surface area (Å²) in [6.07, 6.45) is 0. The predicted molar refractivity (Wildman–Crippen MR) is 85.0 cm³/mol. The van der Waals surface area contributed by atoms with Crippen LogP contribution in [0.15, 0.2) is 41.8 Å². The van der Waals surface area contributed by atoms with E-state index in [1.54, 1.807) is 11.3 Å². The largest absolute Gasteiger partial charge is 0.383 e. The monoisotopic (exact) mass is 284 g/mol. The second kappa shape index (κ2) is 5.46. The van der Waals surface area contributed by atoms with Crippen LogP contribution in [-0.2, 0) is 6.54 Å². The summed E-state index contributed by atoms with van der Waals surface area (Å²) < 4.78 is 0. The average Bonchev–Trinajstić information content (AvgIpc) is 2.94. The van der Waals surface area contributed by atoms with Crippen molar-refractivity contribution in [2.24, 2.45) is 0 Å². The van der Waals surface area contributed by atoms with Crippen LogP contribution in [0.25, 0.3) is 10.2 Å². The van der Waals surface area contributed by atoms with Crippen LogP contribution in [0.3, 0.4) is 0 Å². The van der Waals surface area contributed by atoms with E-state index in [0.717, 1.165) is 22.6 Å². The first-order valence-corrected chi connectivity index (χ1v) is 7.45. The highest BCUT2D eigenvalue weighted by Gasteiger charge is 2.10. The maximum absolute atomic E-state index is 5.99. The summed E-state index contributed by atoms with van der Waals surface area (Å²) in [5.74, 6) is 1.33. The summed E-state index contributed by atoms with van der Waals surface area (Å²) in [6, 6.07) is 12.2. The molecule has 4 nitrogen and oxygen atoms in total. The van der Waals surface area contributed by atoms with Crippen molar-refractivity contribution in [3.8, 4) is 0 Å². The van der Waals surface area contributed by atoms with Crippen molar-refractivity contribution in [1.82, 2.24) is 9.97 Å². The Labute approximate surface area is 121 Å². The van der Waals surface area contributed by atoms with Gasteiger partial charge < -0.3 is 10.6 Å². The molecule has 3 aromatic rings. The number of benzene rings is 1. The summed E-state index contributed by atoms with van der Waals surface area (Å²) in [5, 5.41) is 2.94. The zero-order valence-corrected chi connectivity index (χ0v) is 12.1. The Balaban J connectivity index is 1.91. The van der Waals surface area contributed by atoms with Crippen LogP contribution in [0.1, 0.15) is 12.7 Å². The molecule has 0 atom stereocenters. The molecule has 0 amide bonds. The van der Waals surface area contributed by atoms with Crippen LogP contribution in [-0.4, -0.2) is 16.5 Å². The summed E-state index contributed by atoms with van der Waals surface area (Å²) >= 11 is 1.60. The molecule has 20 heavy (non-hydrogen) atoms. The Morgan fingerprint density at radius 2 is 1.95 bits per heavy atom. The van der Waals surface area contributed by atoms with Gasteiger partial charge in [0, 0.05) is 12.2 Å². The number of thiophene rings is 1. The van der Waals surface area contributed by atoms with Crippen molar-refractivity contribution in [1.29, 1.82) is 0 Å². The summed E-state index contributed by atoms with van der Waals surface area (Å²) in [4.78, 5) is 12.2. The molecule has 2 N–H and O–H groups in total. The molecule has 0 bridgehead atoms. The lowest BCUT2D eigenvalue weighted by atomic mass is 10.3. The van der Waals surface area contributed by atoms with Gasteiger partial charge in [-0.2, -0.15) is 0 Å². The molecule has 0 aliphatic heterocycles. The molecule has 0 aliphatic rings. The van der Waals surface area contributed by atoms with Gasteiger partial charge in [-0.3, -0.25) is 0 Å². The van der Waals surface area contributed by atoms with E-state index in [4.69, 9.17) is 5.73 Å². The summed E-state index contributed by atoms with van der Waals surface area (Å²) in [5.41, 5.74) is 7.16. The lowest BCUT2D eigenvalue weighted by molar-refractivity contribution is 0.788. The third-order valence-corrected chi connectivity index (χ3v) is 4.04. The molecule has 0 radical (unpaired) electrons. The highest BCUT2D eigenvalue weighted by atomic mass is 32.1. The van der Waals surface area contributed by atoms with Gasteiger partial charge in [0.1, 0.15) is 10.6 Å². The first kappa shape index (κ1) is 12.9. The summed E-state index contributed by atoms with van der Waals surface area (Å²) in [6.45, 7) is 3.69. The zero-order valence-electron chi connectivity index (χ0n) is 11.3. The van der Waals surface area contributed by atoms with Crippen LogP contribution >= 0.6 is 11.3 Å². The van der Waals surface area contributed by atoms with Gasteiger partial charge in [-0.15, -0.1) is 11.3 Å². The molecular weight excluding hydrogens is 268 g/mol. The van der Waals surface area contributed by atoms with Crippen molar-refractivity contribution >= 4 is 33.1 Å². The van der Waals surface area contributed by atoms with Gasteiger partial charge in [-0.25, -0.2) is 9.97 Å². The predicted octanol–water partition coefficient (Wildman–Crippen LogP) is 3.30. The third-order valence-electron chi connectivity index (χ3n) is 3.24. The van der Waals surface area contributed by atoms with Crippen LogP contribution in [0.5, 0.6) is 0 Å². The molecule has 102 valence electrons. The Bertz CT molecular complexity index is 708. The van der Waals surface area contributed by atoms with Gasteiger partial charge in [-0.1, -0.05) is 18.2 Å². The molecule has 0 saturated carbocycles. The number of rotatable bonds is 4. The first-order chi connectivity index (χ1) is 9.78. The van der Waals surface area contributed by atoms with Gasteiger partial charge in [0.2, 0.25) is 0 Å². The fourth-order valence-electron chi connectivity index (χ4n) is 2.19. The van der Waals surface area contributed by atoms with Crippen molar-refractivity contribution in [2.75, 3.05) is 17.2 Å². The molecule has 2 aromatic heterocycles. The minimum Gasteiger partial charge on any atom is -0.383 e. The number of fused-ring (bicyclic) bond motifs is 1. The smallest absolute Gasteiger partial charge is 0.151 e. The molecule has 1 aromatic carbocycles. The maximum Gasteiger partial charge on any atom is 0.151 e. The zero-order chi connectivity index (χ0) is 13.9. The van der Waals surface area contributed by atoms with Crippen molar-refractivity contribution < 1.29 is 0 Å². The Morgan fingerprint density at radius 1 is 1.15 bits per heavy atom. The molecule has 0 aliphatic carbocycles. The Kier molecular flexibility index (Phi) is 3.52. The van der Waals surface area contributed by atoms with Gasteiger partial charge in [0.15, 0.2) is 5.82 Å². The normalized spacial score (nSPS) is 10.8. The van der Waals surface area contributed by atoms with E-state index in [1.807, 2.05) is 29.6 Å². The SMILES string of the molecule is CCN(Cc1nc(N)c2ccsc2n1)c1ccccc1. The third kappa shape index (κ3) is 2.44. The van der Waals surface area contributed by atoms with E-state index in [9.17, 15) is 0 Å². The molecule has 5 heteroatoms. The molecule has 3 rings (SSSR count). The second-order valence-corrected chi connectivity index (χ2v) is 5.41. The van der Waals surface area contributed by atoms with E-state index in [-0.39, 0.29) is 0 Å². The number of hydrogen-bond acceptors (Lipinski definition) is 5. The van der Waals surface area contributed by atoms with E-state index in [1.165, 1.54) is 5.69 Å². The number of aromatic nitrogens is 2. The topological polar surface area (TPSA) is 55.0 Å². The first-order valence-electron chi connectivity index (χ1n) is 6.57. The Hall–Kier alpha value is -2.14. The molecule has 0 unspecified atom stereocenters. The average molecular weight is 284 g/mol. The van der Waals surface area contributed by atoms with Crippen LogP contribution in [0, 0.1) is 0 Å². The fourth-order valence-corrected chi connectivity index (χ4v) is 2.98. The fraction of sp³-hybridized carbons (Fsp3) is 0.200. The van der Waals surface area contributed by atoms with Crippen molar-refractivity contribution in [3.63, 3.8) is 0 Å². The highest BCUT2D eigenvalue weighted by Crippen LogP contribution is 2.24. The number of nitrogens with two attached hydrogens (primary N) is 1. The molecule has 0 saturated heterocycles. The van der Waals surface area contributed by atoms with Gasteiger partial charge in [-0.05, 0) is 30.5 Å². The van der Waals surface area contributed by atoms with Crippen LogP contribution in [0.4, 0.5) is 11.5 Å². The minimum absolute atomic E-state index is 0.565. The highest BCUT2D eigenvalue weighted by molar-refractivity contribution is 7.16. The molecule has 0 fully saturated rings. The number of para-hydroxylation sites is 1. The van der Waals surface area contributed by atoms with E-state index >= 15 is 0 Å². The van der Waals surface area contributed by atoms with Crippen LogP contribution < -0.4 is 10.6 Å². The van der Waals surface area contributed by atoms with E-state index < -0.39 is 0 Å². The molecular formula is C15H16N4S. The lowest BCUT2D eigenvalue weighted by Gasteiger charge is -2.22. The van der Waals surface area contributed by atoms with Gasteiger partial charge in [0.25, 0.3) is 0 Å². The second-order valence-electron chi connectivity index (χ2n) is 4.51. The number of anilines is 2. The quantitative estimate of drug-likeness (QED) is 0.798. The Morgan fingerprint density at radius 3 is 2.70 bits per heavy atom. The van der Waals surface area contributed by atoms with E-state index in [2.05, 4.69) is 33.9 Å². The maximum atomic E-state index is 5.99. The van der Waals surface area contributed by atoms with Crippen molar-refractivity contribution in [3.05, 3.63) is 47.6 Å².